The summed E-state index contributed by atoms with van der Waals surface area (Å²) in [6.45, 7) is 0. The Morgan fingerprint density at radius 3 is 2.29 bits per heavy atom. The lowest BCUT2D eigenvalue weighted by Crippen LogP contribution is -2.16. The van der Waals surface area contributed by atoms with Crippen molar-refractivity contribution in [3.05, 3.63) is 71.7 Å². The minimum Gasteiger partial charge on any atom is -0.320 e. The highest BCUT2D eigenvalue weighted by Crippen LogP contribution is 2.21. The van der Waals surface area contributed by atoms with Crippen LogP contribution in [0.1, 0.15) is 10.5 Å². The number of carbonyl (C=O) groups excluding carboxylic acids is 1. The summed E-state index contributed by atoms with van der Waals surface area (Å²) in [4.78, 5) is 12.3. The van der Waals surface area contributed by atoms with Gasteiger partial charge in [-0.2, -0.15) is 5.10 Å². The second-order valence-corrected chi connectivity index (χ2v) is 5.11. The summed E-state index contributed by atoms with van der Waals surface area (Å²) in [5.74, 6) is -4.95. The Hall–Kier alpha value is -3.09. The Balaban J connectivity index is 1.87. The van der Waals surface area contributed by atoms with E-state index in [1.807, 2.05) is 30.3 Å². The number of nitrogens with one attached hydrogen (secondary N) is 1. The van der Waals surface area contributed by atoms with Gasteiger partial charge in [0, 0.05) is 30.4 Å². The van der Waals surface area contributed by atoms with E-state index in [1.54, 1.807) is 13.1 Å². The van der Waals surface area contributed by atoms with E-state index in [2.05, 4.69) is 10.4 Å². The Bertz CT molecular complexity index is 884. The van der Waals surface area contributed by atoms with Crippen LogP contribution >= 0.6 is 0 Å². The summed E-state index contributed by atoms with van der Waals surface area (Å²) in [7, 11) is 1.58. The molecule has 0 saturated carbocycles. The average molecular weight is 331 g/mol. The predicted octanol–water partition coefficient (Wildman–Crippen LogP) is 3.76. The van der Waals surface area contributed by atoms with Crippen molar-refractivity contribution in [2.45, 2.75) is 0 Å². The summed E-state index contributed by atoms with van der Waals surface area (Å²) in [6, 6.07) is 12.2. The zero-order valence-corrected chi connectivity index (χ0v) is 12.6. The summed E-state index contributed by atoms with van der Waals surface area (Å²) in [6.07, 6.45) is 0. The van der Waals surface area contributed by atoms with Gasteiger partial charge >= 0.3 is 0 Å². The van der Waals surface area contributed by atoms with Crippen LogP contribution in [0.25, 0.3) is 11.3 Å². The van der Waals surface area contributed by atoms with Gasteiger partial charge in [-0.1, -0.05) is 30.3 Å². The molecular weight excluding hydrogens is 319 g/mol. The first-order valence-corrected chi connectivity index (χ1v) is 7.01. The number of amides is 1. The number of rotatable bonds is 3. The molecule has 0 radical (unpaired) electrons. The summed E-state index contributed by atoms with van der Waals surface area (Å²) >= 11 is 0. The number of aromatic nitrogens is 2. The van der Waals surface area contributed by atoms with E-state index in [1.165, 1.54) is 4.68 Å². The highest BCUT2D eigenvalue weighted by Gasteiger charge is 2.17. The maximum atomic E-state index is 13.2. The molecule has 7 heteroatoms. The number of halogens is 3. The first-order valence-electron chi connectivity index (χ1n) is 7.01. The molecule has 4 nitrogen and oxygen atoms in total. The van der Waals surface area contributed by atoms with Gasteiger partial charge in [0.1, 0.15) is 5.69 Å². The average Bonchev–Trinajstić information content (AvgIpc) is 2.95. The van der Waals surface area contributed by atoms with Crippen LogP contribution in [-0.4, -0.2) is 15.7 Å². The van der Waals surface area contributed by atoms with Crippen LogP contribution in [0.15, 0.2) is 48.5 Å². The number of hydrogen-bond donors (Lipinski definition) is 1. The van der Waals surface area contributed by atoms with Gasteiger partial charge < -0.3 is 5.32 Å². The predicted molar refractivity (Wildman–Crippen MR) is 82.9 cm³/mol. The lowest BCUT2D eigenvalue weighted by Gasteiger charge is -2.06. The first-order chi connectivity index (χ1) is 11.5. The highest BCUT2D eigenvalue weighted by molar-refractivity contribution is 6.03. The minimum atomic E-state index is -1.58. The van der Waals surface area contributed by atoms with E-state index in [9.17, 15) is 18.0 Å². The van der Waals surface area contributed by atoms with E-state index in [-0.39, 0.29) is 11.4 Å². The molecule has 3 rings (SSSR count). The number of benzene rings is 2. The zero-order valence-electron chi connectivity index (χ0n) is 12.6. The molecule has 0 aliphatic rings. The molecule has 0 bridgehead atoms. The molecular formula is C17H12F3N3O. The largest absolute Gasteiger partial charge is 0.320 e. The van der Waals surface area contributed by atoms with E-state index < -0.39 is 23.4 Å². The monoisotopic (exact) mass is 331 g/mol. The van der Waals surface area contributed by atoms with Crippen molar-refractivity contribution < 1.29 is 18.0 Å². The maximum Gasteiger partial charge on any atom is 0.273 e. The van der Waals surface area contributed by atoms with Crippen LogP contribution < -0.4 is 5.32 Å². The molecule has 0 unspecified atom stereocenters. The van der Waals surface area contributed by atoms with Gasteiger partial charge in [-0.15, -0.1) is 0 Å². The van der Waals surface area contributed by atoms with Crippen LogP contribution in [0.5, 0.6) is 0 Å². The SMILES string of the molecule is Cn1nc(-c2ccccc2)cc1C(=O)Nc1cc(F)c(F)c(F)c1. The van der Waals surface area contributed by atoms with Gasteiger partial charge in [-0.05, 0) is 6.07 Å². The minimum absolute atomic E-state index is 0.182. The maximum absolute atomic E-state index is 13.2. The summed E-state index contributed by atoms with van der Waals surface area (Å²) in [5, 5.41) is 6.57. The van der Waals surface area contributed by atoms with Crippen molar-refractivity contribution in [3.8, 4) is 11.3 Å². The fourth-order valence-corrected chi connectivity index (χ4v) is 2.25. The molecule has 1 aromatic heterocycles. The van der Waals surface area contributed by atoms with Crippen molar-refractivity contribution in [2.24, 2.45) is 7.05 Å². The molecule has 2 aromatic carbocycles. The van der Waals surface area contributed by atoms with Gasteiger partial charge in [0.2, 0.25) is 0 Å². The Morgan fingerprint density at radius 1 is 1.04 bits per heavy atom. The van der Waals surface area contributed by atoms with E-state index in [0.29, 0.717) is 17.8 Å². The first kappa shape index (κ1) is 15.8. The molecule has 0 atom stereocenters. The molecule has 0 spiro atoms. The van der Waals surface area contributed by atoms with Crippen LogP contribution in [0.4, 0.5) is 18.9 Å². The van der Waals surface area contributed by atoms with Crippen LogP contribution in [0.2, 0.25) is 0 Å². The third kappa shape index (κ3) is 3.01. The van der Waals surface area contributed by atoms with Crippen molar-refractivity contribution in [2.75, 3.05) is 5.32 Å². The molecule has 122 valence electrons. The molecule has 0 aliphatic carbocycles. The number of hydrogen-bond acceptors (Lipinski definition) is 2. The van der Waals surface area contributed by atoms with Gasteiger partial charge in [-0.25, -0.2) is 13.2 Å². The second-order valence-electron chi connectivity index (χ2n) is 5.11. The zero-order chi connectivity index (χ0) is 17.3. The molecule has 24 heavy (non-hydrogen) atoms. The van der Waals surface area contributed by atoms with E-state index in [4.69, 9.17) is 0 Å². The summed E-state index contributed by atoms with van der Waals surface area (Å²) < 4.78 is 40.7. The van der Waals surface area contributed by atoms with Crippen LogP contribution in [0.3, 0.4) is 0 Å². The van der Waals surface area contributed by atoms with Crippen LogP contribution in [0, 0.1) is 17.5 Å². The molecule has 0 fully saturated rings. The molecule has 1 N–H and O–H groups in total. The third-order valence-corrected chi connectivity index (χ3v) is 3.42. The van der Waals surface area contributed by atoms with Gasteiger partial charge in [0.25, 0.3) is 5.91 Å². The Morgan fingerprint density at radius 2 is 1.67 bits per heavy atom. The fourth-order valence-electron chi connectivity index (χ4n) is 2.25. The molecule has 3 aromatic rings. The van der Waals surface area contributed by atoms with E-state index in [0.717, 1.165) is 5.56 Å². The second kappa shape index (κ2) is 6.19. The van der Waals surface area contributed by atoms with Crippen LogP contribution in [-0.2, 0) is 7.05 Å². The molecule has 1 amide bonds. The lowest BCUT2D eigenvalue weighted by atomic mass is 10.1. The van der Waals surface area contributed by atoms with Gasteiger partial charge in [0.05, 0.1) is 5.69 Å². The fraction of sp³-hybridized carbons (Fsp3) is 0.0588. The Kier molecular flexibility index (Phi) is 4.07. The number of anilines is 1. The summed E-state index contributed by atoms with van der Waals surface area (Å²) in [5.41, 5.74) is 1.42. The Labute approximate surface area is 135 Å². The molecule has 0 saturated heterocycles. The van der Waals surface area contributed by atoms with Crippen molar-refractivity contribution >= 4 is 11.6 Å². The number of aryl methyl sites for hydroxylation is 1. The third-order valence-electron chi connectivity index (χ3n) is 3.42. The van der Waals surface area contributed by atoms with Crippen molar-refractivity contribution in [1.82, 2.24) is 9.78 Å². The van der Waals surface area contributed by atoms with Gasteiger partial charge in [0.15, 0.2) is 17.5 Å². The van der Waals surface area contributed by atoms with Crippen molar-refractivity contribution in [3.63, 3.8) is 0 Å². The molecule has 1 heterocycles. The highest BCUT2D eigenvalue weighted by atomic mass is 19.2. The normalized spacial score (nSPS) is 10.7. The standard InChI is InChI=1S/C17H12F3N3O/c1-23-15(9-14(22-23)10-5-3-2-4-6-10)17(24)21-11-7-12(18)16(20)13(19)8-11/h2-9H,1H3,(H,21,24). The van der Waals surface area contributed by atoms with Crippen molar-refractivity contribution in [1.29, 1.82) is 0 Å². The number of carbonyl (C=O) groups is 1. The quantitative estimate of drug-likeness (QED) is 0.743. The van der Waals surface area contributed by atoms with Gasteiger partial charge in [-0.3, -0.25) is 9.48 Å². The molecule has 0 aliphatic heterocycles. The number of nitrogens with zero attached hydrogens (tertiary/aromatic N) is 2. The topological polar surface area (TPSA) is 46.9 Å². The lowest BCUT2D eigenvalue weighted by molar-refractivity contribution is 0.101. The smallest absolute Gasteiger partial charge is 0.273 e. The van der Waals surface area contributed by atoms with E-state index >= 15 is 0 Å².